The van der Waals surface area contributed by atoms with Gasteiger partial charge in [-0.3, -0.25) is 9.59 Å². The van der Waals surface area contributed by atoms with Gasteiger partial charge in [0.1, 0.15) is 16.3 Å². The summed E-state index contributed by atoms with van der Waals surface area (Å²) in [6.45, 7) is 9.51. The number of aryl methyl sites for hydroxylation is 3. The van der Waals surface area contributed by atoms with E-state index in [9.17, 15) is 14.4 Å². The van der Waals surface area contributed by atoms with Gasteiger partial charge in [0, 0.05) is 27.2 Å². The zero-order valence-corrected chi connectivity index (χ0v) is 25.0. The Morgan fingerprint density at radius 3 is 2.17 bits per heavy atom. The second-order valence-corrected chi connectivity index (χ2v) is 10.9. The summed E-state index contributed by atoms with van der Waals surface area (Å²) in [5.41, 5.74) is 5.94. The zero-order chi connectivity index (χ0) is 29.7. The van der Waals surface area contributed by atoms with Gasteiger partial charge in [0.2, 0.25) is 0 Å². The molecule has 0 radical (unpaired) electrons. The molecule has 7 nitrogen and oxygen atoms in total. The van der Waals surface area contributed by atoms with Crippen molar-refractivity contribution in [3.05, 3.63) is 98.9 Å². The summed E-state index contributed by atoms with van der Waals surface area (Å²) in [7, 11) is 0. The molecule has 1 atom stereocenters. The number of thiophene rings is 1. The zero-order valence-electron chi connectivity index (χ0n) is 23.5. The molecule has 0 unspecified atom stereocenters. The van der Waals surface area contributed by atoms with E-state index >= 15 is 0 Å². The molecule has 2 amide bonds. The first-order valence-corrected chi connectivity index (χ1v) is 14.3. The number of nitrogens with one attached hydrogen (secondary N) is 2. The molecule has 0 fully saturated rings. The first-order chi connectivity index (χ1) is 19.6. The summed E-state index contributed by atoms with van der Waals surface area (Å²) in [6.07, 6.45) is -0.765. The van der Waals surface area contributed by atoms with Crippen LogP contribution in [0.4, 0.5) is 10.7 Å². The van der Waals surface area contributed by atoms with Crippen molar-refractivity contribution in [1.29, 1.82) is 0 Å². The van der Waals surface area contributed by atoms with Gasteiger partial charge in [-0.2, -0.15) is 0 Å². The van der Waals surface area contributed by atoms with E-state index in [2.05, 4.69) is 10.6 Å². The van der Waals surface area contributed by atoms with E-state index in [0.29, 0.717) is 26.9 Å². The van der Waals surface area contributed by atoms with Crippen LogP contribution in [0.25, 0.3) is 11.1 Å². The minimum atomic E-state index is -0.765. The van der Waals surface area contributed by atoms with Gasteiger partial charge in [-0.05, 0) is 87.7 Å². The Labute approximate surface area is 248 Å². The van der Waals surface area contributed by atoms with Crippen LogP contribution in [0.3, 0.4) is 0 Å². The fourth-order valence-corrected chi connectivity index (χ4v) is 5.50. The smallest absolute Gasteiger partial charge is 0.341 e. The Morgan fingerprint density at radius 1 is 0.927 bits per heavy atom. The first-order valence-electron chi connectivity index (χ1n) is 13.1. The number of benzene rings is 3. The topological polar surface area (TPSA) is 93.7 Å². The highest BCUT2D eigenvalue weighted by Crippen LogP contribution is 2.37. The standard InChI is InChI=1S/C32H31ClN2O5S/c1-6-39-32(38)27-26(22-7-11-24(33)12-8-22)17-41-31(27)35-30(37)23-9-13-25(14-10-23)40-21(5)29(36)34-28-19(3)15-18(2)16-20(28)4/h7-17,21H,6H2,1-5H3,(H,34,36)(H,35,37)/t21-/m0/s1. The van der Waals surface area contributed by atoms with Gasteiger partial charge in [-0.15, -0.1) is 11.3 Å². The average Bonchev–Trinajstić information content (AvgIpc) is 3.35. The van der Waals surface area contributed by atoms with Crippen LogP contribution < -0.4 is 15.4 Å². The van der Waals surface area contributed by atoms with Crippen LogP contribution in [0.1, 0.15) is 51.3 Å². The summed E-state index contributed by atoms with van der Waals surface area (Å²) in [4.78, 5) is 38.7. The maximum atomic E-state index is 13.1. The van der Waals surface area contributed by atoms with Crippen molar-refractivity contribution in [2.24, 2.45) is 0 Å². The van der Waals surface area contributed by atoms with Crippen molar-refractivity contribution < 1.29 is 23.9 Å². The monoisotopic (exact) mass is 590 g/mol. The SMILES string of the molecule is CCOC(=O)c1c(-c2ccc(Cl)cc2)csc1NC(=O)c1ccc(O[C@@H](C)C(=O)Nc2c(C)cc(C)cc2C)cc1. The molecule has 1 heterocycles. The number of rotatable bonds is 9. The van der Waals surface area contributed by atoms with E-state index in [4.69, 9.17) is 21.1 Å². The molecule has 0 aliphatic heterocycles. The molecular weight excluding hydrogens is 560 g/mol. The molecule has 0 saturated heterocycles. The second kappa shape index (κ2) is 13.0. The van der Waals surface area contributed by atoms with Crippen LogP contribution in [0, 0.1) is 20.8 Å². The van der Waals surface area contributed by atoms with Crippen LogP contribution in [0.5, 0.6) is 5.75 Å². The van der Waals surface area contributed by atoms with Gasteiger partial charge < -0.3 is 20.1 Å². The number of esters is 1. The van der Waals surface area contributed by atoms with E-state index in [-0.39, 0.29) is 18.1 Å². The van der Waals surface area contributed by atoms with E-state index < -0.39 is 18.0 Å². The number of carbonyl (C=O) groups excluding carboxylic acids is 3. The summed E-state index contributed by atoms with van der Waals surface area (Å²) in [5.74, 6) is -0.763. The minimum absolute atomic E-state index is 0.199. The Hall–Kier alpha value is -4.14. The summed E-state index contributed by atoms with van der Waals surface area (Å²) >= 11 is 7.26. The molecule has 212 valence electrons. The number of hydrogen-bond donors (Lipinski definition) is 2. The number of carbonyl (C=O) groups is 3. The van der Waals surface area contributed by atoms with E-state index in [1.807, 2.05) is 45.0 Å². The van der Waals surface area contributed by atoms with Crippen molar-refractivity contribution in [3.8, 4) is 16.9 Å². The lowest BCUT2D eigenvalue weighted by Gasteiger charge is -2.18. The van der Waals surface area contributed by atoms with Crippen molar-refractivity contribution >= 4 is 51.4 Å². The number of amides is 2. The van der Waals surface area contributed by atoms with E-state index in [1.54, 1.807) is 55.6 Å². The lowest BCUT2D eigenvalue weighted by molar-refractivity contribution is -0.122. The van der Waals surface area contributed by atoms with Gasteiger partial charge in [-0.25, -0.2) is 4.79 Å². The molecule has 4 aromatic rings. The number of hydrogen-bond acceptors (Lipinski definition) is 6. The molecule has 3 aromatic carbocycles. The van der Waals surface area contributed by atoms with Crippen molar-refractivity contribution in [1.82, 2.24) is 0 Å². The van der Waals surface area contributed by atoms with Crippen LogP contribution in [0.2, 0.25) is 5.02 Å². The predicted molar refractivity (Wildman–Crippen MR) is 164 cm³/mol. The third kappa shape index (κ3) is 7.14. The highest BCUT2D eigenvalue weighted by atomic mass is 35.5. The molecule has 0 aliphatic carbocycles. The molecule has 0 bridgehead atoms. The van der Waals surface area contributed by atoms with E-state index in [0.717, 1.165) is 27.9 Å². The van der Waals surface area contributed by atoms with Gasteiger partial charge in [0.25, 0.3) is 11.8 Å². The lowest BCUT2D eigenvalue weighted by atomic mass is 10.0. The van der Waals surface area contributed by atoms with Crippen LogP contribution in [-0.4, -0.2) is 30.5 Å². The molecule has 0 spiro atoms. The van der Waals surface area contributed by atoms with E-state index in [1.165, 1.54) is 11.3 Å². The third-order valence-electron chi connectivity index (χ3n) is 6.38. The fourth-order valence-electron chi connectivity index (χ4n) is 4.42. The fraction of sp³-hybridized carbons (Fsp3) is 0.219. The lowest BCUT2D eigenvalue weighted by Crippen LogP contribution is -2.30. The summed E-state index contributed by atoms with van der Waals surface area (Å²) in [5, 5.41) is 8.54. The number of halogens is 1. The highest BCUT2D eigenvalue weighted by Gasteiger charge is 2.23. The van der Waals surface area contributed by atoms with Gasteiger partial charge in [0.15, 0.2) is 6.10 Å². The van der Waals surface area contributed by atoms with Crippen LogP contribution in [-0.2, 0) is 9.53 Å². The molecule has 0 saturated carbocycles. The number of anilines is 2. The molecule has 2 N–H and O–H groups in total. The van der Waals surface area contributed by atoms with Crippen LogP contribution in [0.15, 0.2) is 66.0 Å². The Bertz CT molecular complexity index is 1560. The molecule has 1 aromatic heterocycles. The third-order valence-corrected chi connectivity index (χ3v) is 7.52. The van der Waals surface area contributed by atoms with Crippen LogP contribution >= 0.6 is 22.9 Å². The average molecular weight is 591 g/mol. The maximum absolute atomic E-state index is 13.1. The quantitative estimate of drug-likeness (QED) is 0.194. The summed E-state index contributed by atoms with van der Waals surface area (Å²) in [6, 6.07) is 17.6. The first kappa shape index (κ1) is 29.8. The number of ether oxygens (including phenoxy) is 2. The van der Waals surface area contributed by atoms with Crippen molar-refractivity contribution in [2.75, 3.05) is 17.2 Å². The minimum Gasteiger partial charge on any atom is -0.481 e. The van der Waals surface area contributed by atoms with Crippen molar-refractivity contribution in [2.45, 2.75) is 40.7 Å². The highest BCUT2D eigenvalue weighted by molar-refractivity contribution is 7.15. The summed E-state index contributed by atoms with van der Waals surface area (Å²) < 4.78 is 11.1. The Morgan fingerprint density at radius 2 is 1.56 bits per heavy atom. The molecule has 4 rings (SSSR count). The van der Waals surface area contributed by atoms with Gasteiger partial charge in [0.05, 0.1) is 6.61 Å². The van der Waals surface area contributed by atoms with Crippen molar-refractivity contribution in [3.63, 3.8) is 0 Å². The molecular formula is C32H31ClN2O5S. The Balaban J connectivity index is 1.45. The normalized spacial score (nSPS) is 11.5. The Kier molecular flexibility index (Phi) is 9.47. The van der Waals surface area contributed by atoms with Gasteiger partial charge in [-0.1, -0.05) is 41.4 Å². The molecule has 9 heteroatoms. The largest absolute Gasteiger partial charge is 0.481 e. The predicted octanol–water partition coefficient (Wildman–Crippen LogP) is 7.83. The molecule has 41 heavy (non-hydrogen) atoms. The maximum Gasteiger partial charge on any atom is 0.341 e. The molecule has 0 aliphatic rings. The van der Waals surface area contributed by atoms with Gasteiger partial charge >= 0.3 is 5.97 Å². The second-order valence-electron chi connectivity index (χ2n) is 9.58.